The van der Waals surface area contributed by atoms with Gasteiger partial charge in [-0.15, -0.1) is 12.8 Å². The molecule has 3 aromatic rings. The van der Waals surface area contributed by atoms with Crippen molar-refractivity contribution in [2.24, 2.45) is 7.05 Å². The third kappa shape index (κ3) is 10.6. The van der Waals surface area contributed by atoms with Crippen molar-refractivity contribution in [1.29, 1.82) is 0 Å². The first kappa shape index (κ1) is 34.5. The van der Waals surface area contributed by atoms with Gasteiger partial charge in [-0.1, -0.05) is 24.6 Å². The van der Waals surface area contributed by atoms with Gasteiger partial charge < -0.3 is 15.4 Å². The molecule has 11 heteroatoms. The lowest BCUT2D eigenvalue weighted by Crippen LogP contribution is -2.32. The van der Waals surface area contributed by atoms with Crippen molar-refractivity contribution in [2.75, 3.05) is 45.7 Å². The van der Waals surface area contributed by atoms with E-state index in [4.69, 9.17) is 9.84 Å². The van der Waals surface area contributed by atoms with E-state index in [2.05, 4.69) is 40.4 Å². The number of likely N-dealkylation sites (tertiary alicyclic amines) is 1. The zero-order valence-corrected chi connectivity index (χ0v) is 25.2. The number of para-hydroxylation sites is 1. The lowest BCUT2D eigenvalue weighted by molar-refractivity contribution is -0.110. The Morgan fingerprint density at radius 2 is 1.86 bits per heavy atom. The fourth-order valence-electron chi connectivity index (χ4n) is 4.92. The van der Waals surface area contributed by atoms with Gasteiger partial charge in [0.1, 0.15) is 11.5 Å². The Bertz CT molecular complexity index is 1200. The monoisotopic (exact) mass is 585 g/mol. The van der Waals surface area contributed by atoms with Gasteiger partial charge in [-0.2, -0.15) is 10.2 Å². The van der Waals surface area contributed by atoms with Crippen molar-refractivity contribution in [1.82, 2.24) is 29.8 Å². The van der Waals surface area contributed by atoms with E-state index in [1.165, 1.54) is 0 Å². The molecule has 2 aliphatic rings. The van der Waals surface area contributed by atoms with Gasteiger partial charge in [0.2, 0.25) is 12.3 Å². The zero-order valence-electron chi connectivity index (χ0n) is 25.2. The summed E-state index contributed by atoms with van der Waals surface area (Å²) in [6.07, 6.45) is 16.3. The number of nitrogens with one attached hydrogen (secondary N) is 2. The number of alkyl halides is 2. The molecule has 1 unspecified atom stereocenters. The number of benzene rings is 1. The van der Waals surface area contributed by atoms with E-state index < -0.39 is 5.92 Å². The van der Waals surface area contributed by atoms with E-state index in [0.717, 1.165) is 73.8 Å². The summed E-state index contributed by atoms with van der Waals surface area (Å²) in [4.78, 5) is 12.4. The Labute approximate surface area is 248 Å². The molecule has 2 N–H and O–H groups in total. The second kappa shape index (κ2) is 17.9. The van der Waals surface area contributed by atoms with Gasteiger partial charge in [0.25, 0.3) is 0 Å². The fraction of sp³-hybridized carbons (Fsp3) is 0.516. The maximum absolute atomic E-state index is 12.2. The van der Waals surface area contributed by atoms with Crippen LogP contribution in [0.1, 0.15) is 44.1 Å². The maximum Gasteiger partial charge on any atom is 0.248 e. The Morgan fingerprint density at radius 1 is 1.17 bits per heavy atom. The average Bonchev–Trinajstić information content (AvgIpc) is 3.72. The molecule has 1 amide bonds. The highest BCUT2D eigenvalue weighted by atomic mass is 19.3. The van der Waals surface area contributed by atoms with Gasteiger partial charge >= 0.3 is 0 Å². The van der Waals surface area contributed by atoms with Crippen LogP contribution in [-0.4, -0.2) is 83.2 Å². The molecule has 0 spiro atoms. The molecule has 1 aliphatic heterocycles. The summed E-state index contributed by atoms with van der Waals surface area (Å²) in [6, 6.07) is 10.5. The summed E-state index contributed by atoms with van der Waals surface area (Å²) in [7, 11) is 5.53. The molecule has 1 atom stereocenters. The van der Waals surface area contributed by atoms with Crippen molar-refractivity contribution in [3.8, 4) is 29.8 Å². The van der Waals surface area contributed by atoms with Crippen LogP contribution < -0.4 is 10.6 Å². The topological polar surface area (TPSA) is 89.2 Å². The largest absolute Gasteiger partial charge is 0.383 e. The number of anilines is 1. The van der Waals surface area contributed by atoms with Crippen molar-refractivity contribution >= 4 is 12.2 Å². The highest BCUT2D eigenvalue weighted by Crippen LogP contribution is 2.32. The maximum atomic E-state index is 12.2. The van der Waals surface area contributed by atoms with Gasteiger partial charge in [0.15, 0.2) is 0 Å². The van der Waals surface area contributed by atoms with Crippen molar-refractivity contribution in [3.63, 3.8) is 0 Å². The van der Waals surface area contributed by atoms with Crippen molar-refractivity contribution in [2.45, 2.75) is 57.4 Å². The molecule has 1 aromatic carbocycles. The lowest BCUT2D eigenvalue weighted by Gasteiger charge is -2.20. The van der Waals surface area contributed by atoms with Gasteiger partial charge in [0, 0.05) is 77.0 Å². The number of carbonyl (C=O) groups excluding carboxylic acids is 1. The highest BCUT2D eigenvalue weighted by molar-refractivity contribution is 5.69. The summed E-state index contributed by atoms with van der Waals surface area (Å²) in [5.41, 5.74) is 4.13. The Balaban J connectivity index is 0.000000238. The number of carbonyl (C=O) groups is 1. The molecular formula is C31H45F2N7O2. The SMILES string of the molecule is C#C.CNc1c(C)c(-c2cnn(C)c2)nn1-c1ccccc1.COCCN1CCC(NC=O)C1.FC1(F)CCCCC1. The molecule has 0 radical (unpaired) electrons. The van der Waals surface area contributed by atoms with E-state index in [9.17, 15) is 13.6 Å². The number of hydrogen-bond donors (Lipinski definition) is 2. The number of halogens is 2. The molecule has 3 heterocycles. The van der Waals surface area contributed by atoms with Gasteiger partial charge in [-0.25, -0.2) is 13.5 Å². The molecule has 0 bridgehead atoms. The predicted molar refractivity (Wildman–Crippen MR) is 164 cm³/mol. The molecule has 42 heavy (non-hydrogen) atoms. The zero-order chi connectivity index (χ0) is 31.0. The number of nitrogens with zero attached hydrogens (tertiary/aromatic N) is 5. The molecular weight excluding hydrogens is 540 g/mol. The third-order valence-electron chi connectivity index (χ3n) is 7.11. The van der Waals surface area contributed by atoms with E-state index in [1.54, 1.807) is 11.8 Å². The Morgan fingerprint density at radius 3 is 2.38 bits per heavy atom. The standard InChI is InChI=1S/C15H17N5.C8H16N2O2.C6H10F2.C2H2/c1-11-14(12-9-17-19(3)10-12)18-20(15(11)16-2)13-7-5-4-6-8-13;1-12-5-4-10-3-2-8(6-10)9-7-11;7-6(8)4-2-1-3-5-6;1-2/h4-10,16H,1-3H3;7-8H,2-6H2,1H3,(H,9,11);1-5H2;1-2H. The van der Waals surface area contributed by atoms with Crippen LogP contribution in [-0.2, 0) is 16.6 Å². The average molecular weight is 586 g/mol. The van der Waals surface area contributed by atoms with Crippen LogP contribution in [0.5, 0.6) is 0 Å². The van der Waals surface area contributed by atoms with Crippen LogP contribution in [0.15, 0.2) is 42.7 Å². The van der Waals surface area contributed by atoms with Gasteiger partial charge in [-0.3, -0.25) is 14.4 Å². The molecule has 1 saturated carbocycles. The Hall–Kier alpha value is -3.75. The third-order valence-corrected chi connectivity index (χ3v) is 7.11. The van der Waals surface area contributed by atoms with Gasteiger partial charge in [0.05, 0.1) is 18.5 Å². The van der Waals surface area contributed by atoms with Crippen LogP contribution >= 0.6 is 0 Å². The van der Waals surface area contributed by atoms with Crippen molar-refractivity contribution in [3.05, 3.63) is 48.3 Å². The highest BCUT2D eigenvalue weighted by Gasteiger charge is 2.30. The molecule has 2 aromatic heterocycles. The number of terminal acetylenes is 1. The first-order valence-corrected chi connectivity index (χ1v) is 14.2. The molecule has 9 nitrogen and oxygen atoms in total. The minimum absolute atomic E-state index is 0.118. The second-order valence-electron chi connectivity index (χ2n) is 10.2. The number of aromatic nitrogens is 4. The molecule has 1 saturated heterocycles. The summed E-state index contributed by atoms with van der Waals surface area (Å²) in [6.45, 7) is 5.83. The number of amides is 1. The fourth-order valence-corrected chi connectivity index (χ4v) is 4.92. The summed E-state index contributed by atoms with van der Waals surface area (Å²) < 4.78 is 33.1. The van der Waals surface area contributed by atoms with Crippen LogP contribution in [0.4, 0.5) is 14.6 Å². The molecule has 1 aliphatic carbocycles. The molecule has 230 valence electrons. The predicted octanol–water partition coefficient (Wildman–Crippen LogP) is 4.91. The normalized spacial score (nSPS) is 17.4. The van der Waals surface area contributed by atoms with Crippen LogP contribution in [0.3, 0.4) is 0 Å². The number of hydrogen-bond acceptors (Lipinski definition) is 6. The van der Waals surface area contributed by atoms with Gasteiger partial charge in [-0.05, 0) is 38.3 Å². The summed E-state index contributed by atoms with van der Waals surface area (Å²) in [5.74, 6) is -1.33. The van der Waals surface area contributed by atoms with Crippen molar-refractivity contribution < 1.29 is 18.3 Å². The van der Waals surface area contributed by atoms with Crippen LogP contribution in [0.2, 0.25) is 0 Å². The van der Waals surface area contributed by atoms with Crippen LogP contribution in [0.25, 0.3) is 16.9 Å². The first-order chi connectivity index (χ1) is 20.3. The van der Waals surface area contributed by atoms with Crippen LogP contribution in [0, 0.1) is 19.8 Å². The first-order valence-electron chi connectivity index (χ1n) is 14.2. The summed E-state index contributed by atoms with van der Waals surface area (Å²) >= 11 is 0. The number of aryl methyl sites for hydroxylation is 1. The Kier molecular flexibility index (Phi) is 14.7. The second-order valence-corrected chi connectivity index (χ2v) is 10.2. The van der Waals surface area contributed by atoms with E-state index >= 15 is 0 Å². The number of rotatable bonds is 8. The minimum atomic E-state index is -2.32. The molecule has 5 rings (SSSR count). The minimum Gasteiger partial charge on any atom is -0.383 e. The number of methoxy groups -OCH3 is 1. The van der Waals surface area contributed by atoms with E-state index in [-0.39, 0.29) is 12.8 Å². The molecule has 2 fully saturated rings. The number of ether oxygens (including phenoxy) is 1. The smallest absolute Gasteiger partial charge is 0.248 e. The van der Waals surface area contributed by atoms with E-state index in [1.807, 2.05) is 61.5 Å². The summed E-state index contributed by atoms with van der Waals surface area (Å²) in [5, 5.41) is 15.0. The lowest BCUT2D eigenvalue weighted by atomic mass is 9.97. The van der Waals surface area contributed by atoms with E-state index in [0.29, 0.717) is 18.9 Å². The quantitative estimate of drug-likeness (QED) is 0.289.